The molecule has 1 saturated heterocycles. The predicted molar refractivity (Wildman–Crippen MR) is 166 cm³/mol. The number of amides is 2. The summed E-state index contributed by atoms with van der Waals surface area (Å²) in [6.45, 7) is 5.21. The molecule has 1 aliphatic heterocycles. The monoisotopic (exact) mass is 647 g/mol. The Kier molecular flexibility index (Phi) is 11.2. The smallest absolute Gasteiger partial charge is 0.448 e. The van der Waals surface area contributed by atoms with Gasteiger partial charge in [0.05, 0.1) is 0 Å². The van der Waals surface area contributed by atoms with Gasteiger partial charge in [-0.2, -0.15) is 0 Å². The van der Waals surface area contributed by atoms with E-state index >= 15 is 0 Å². The molecule has 0 radical (unpaired) electrons. The number of ether oxygens (including phenoxy) is 2. The van der Waals surface area contributed by atoms with Gasteiger partial charge in [0.25, 0.3) is 0 Å². The molecule has 12 heteroatoms. The molecule has 3 aromatic rings. The number of halogens is 3. The summed E-state index contributed by atoms with van der Waals surface area (Å²) in [6, 6.07) is 17.1. The number of rotatable bonds is 6. The van der Waals surface area contributed by atoms with E-state index in [1.54, 1.807) is 32.6 Å². The Labute approximate surface area is 305 Å². The summed E-state index contributed by atoms with van der Waals surface area (Å²) < 4.78 is 53.7. The van der Waals surface area contributed by atoms with Crippen molar-refractivity contribution < 1.29 is 83.4 Å². The summed E-state index contributed by atoms with van der Waals surface area (Å²) in [4.78, 5) is 29.1. The van der Waals surface area contributed by atoms with Crippen LogP contribution in [0.5, 0.6) is 0 Å². The molecule has 1 fully saturated rings. The summed E-state index contributed by atoms with van der Waals surface area (Å²) in [5, 5.41) is 2.65. The summed E-state index contributed by atoms with van der Waals surface area (Å²) in [5.41, 5.74) is 3.99. The quantitative estimate of drug-likeness (QED) is 0.413. The van der Waals surface area contributed by atoms with Crippen LogP contribution in [-0.4, -0.2) is 67.4 Å². The molecule has 45 heavy (non-hydrogen) atoms. The van der Waals surface area contributed by atoms with Crippen molar-refractivity contribution >= 4 is 30.3 Å². The van der Waals surface area contributed by atoms with Crippen molar-refractivity contribution in [3.05, 3.63) is 82.4 Å². The van der Waals surface area contributed by atoms with E-state index in [1.165, 1.54) is 13.0 Å². The van der Waals surface area contributed by atoms with Crippen LogP contribution in [0.2, 0.25) is 0 Å². The van der Waals surface area contributed by atoms with E-state index < -0.39 is 30.2 Å². The summed E-state index contributed by atoms with van der Waals surface area (Å²) in [7, 11) is 0. The van der Waals surface area contributed by atoms with Gasteiger partial charge in [-0.1, -0.05) is 60.2 Å². The number of anilines is 1. The topological polar surface area (TPSA) is 71.1 Å². The molecule has 5 rings (SSSR count). The molecule has 1 aliphatic carbocycles. The summed E-state index contributed by atoms with van der Waals surface area (Å²) >= 11 is 0. The van der Waals surface area contributed by atoms with Crippen molar-refractivity contribution in [1.82, 2.24) is 9.80 Å². The van der Waals surface area contributed by atoms with Crippen molar-refractivity contribution in [2.75, 3.05) is 38.1 Å². The van der Waals surface area contributed by atoms with Crippen molar-refractivity contribution in [1.29, 1.82) is 0 Å². The molecule has 2 amide bonds. The van der Waals surface area contributed by atoms with Crippen LogP contribution in [0.25, 0.3) is 11.1 Å². The van der Waals surface area contributed by atoms with Gasteiger partial charge in [0.2, 0.25) is 0 Å². The van der Waals surface area contributed by atoms with E-state index in [0.717, 1.165) is 22.3 Å². The SMILES string of the molecule is Cc1c(CN2CCN(C(=O)OC(C)(C)C)CC2)cc([B-](F)(F)F)c(C)c1NC(=O)OCC1c2ccccc2-c2ccccc21.[K+]. The molecule has 3 aromatic carbocycles. The van der Waals surface area contributed by atoms with Gasteiger partial charge in [0, 0.05) is 44.3 Å². The Bertz CT molecular complexity index is 1520. The molecular formula is C33H38BF3KN3O4. The van der Waals surface area contributed by atoms with Crippen LogP contribution in [0, 0.1) is 13.8 Å². The van der Waals surface area contributed by atoms with Gasteiger partial charge in [0.1, 0.15) is 12.2 Å². The molecule has 0 unspecified atom stereocenters. The van der Waals surface area contributed by atoms with Gasteiger partial charge < -0.3 is 27.3 Å². The Morgan fingerprint density at radius 3 is 2.00 bits per heavy atom. The van der Waals surface area contributed by atoms with Gasteiger partial charge >= 0.3 is 70.5 Å². The maximum atomic E-state index is 14.2. The van der Waals surface area contributed by atoms with Crippen LogP contribution >= 0.6 is 0 Å². The van der Waals surface area contributed by atoms with E-state index in [4.69, 9.17) is 9.47 Å². The molecule has 1 heterocycles. The molecule has 0 aromatic heterocycles. The third-order valence-electron chi connectivity index (χ3n) is 8.34. The van der Waals surface area contributed by atoms with E-state index in [9.17, 15) is 22.5 Å². The number of piperazine rings is 1. The summed E-state index contributed by atoms with van der Waals surface area (Å²) in [5.74, 6) is -0.171. The number of benzene rings is 3. The zero-order valence-corrected chi connectivity index (χ0v) is 29.9. The largest absolute Gasteiger partial charge is 1.00 e. The van der Waals surface area contributed by atoms with Crippen LogP contribution in [0.1, 0.15) is 54.5 Å². The van der Waals surface area contributed by atoms with E-state index in [-0.39, 0.29) is 81.7 Å². The second-order valence-electron chi connectivity index (χ2n) is 12.5. The fourth-order valence-electron chi connectivity index (χ4n) is 6.07. The van der Waals surface area contributed by atoms with Gasteiger partial charge in [0.15, 0.2) is 0 Å². The number of hydrogen-bond donors (Lipinski definition) is 1. The summed E-state index contributed by atoms with van der Waals surface area (Å²) in [6.07, 6.45) is -1.21. The van der Waals surface area contributed by atoms with Gasteiger partial charge in [-0.3, -0.25) is 10.2 Å². The number of fused-ring (bicyclic) bond motifs is 3. The normalized spacial score (nSPS) is 15.2. The first kappa shape index (κ1) is 35.5. The number of hydrogen-bond acceptors (Lipinski definition) is 5. The number of nitrogens with one attached hydrogen (secondary N) is 1. The molecule has 0 atom stereocenters. The van der Waals surface area contributed by atoms with Crippen molar-refractivity contribution in [3.8, 4) is 11.1 Å². The fourth-order valence-corrected chi connectivity index (χ4v) is 6.07. The Balaban J connectivity index is 0.00000461. The number of nitrogens with zero attached hydrogens (tertiary/aromatic N) is 2. The van der Waals surface area contributed by atoms with Crippen molar-refractivity contribution in [2.45, 2.75) is 52.7 Å². The molecule has 0 spiro atoms. The first-order chi connectivity index (χ1) is 20.7. The second-order valence-corrected chi connectivity index (χ2v) is 12.5. The first-order valence-corrected chi connectivity index (χ1v) is 14.9. The Morgan fingerprint density at radius 1 is 0.911 bits per heavy atom. The van der Waals surface area contributed by atoms with Crippen molar-refractivity contribution in [2.24, 2.45) is 0 Å². The van der Waals surface area contributed by atoms with Crippen LogP contribution in [0.15, 0.2) is 54.6 Å². The van der Waals surface area contributed by atoms with E-state index in [2.05, 4.69) is 5.32 Å². The average Bonchev–Trinajstić information content (AvgIpc) is 3.28. The van der Waals surface area contributed by atoms with Gasteiger partial charge in [-0.05, 0) is 68.0 Å². The van der Waals surface area contributed by atoms with Crippen LogP contribution < -0.4 is 62.2 Å². The zero-order chi connectivity index (χ0) is 31.8. The van der Waals surface area contributed by atoms with Crippen LogP contribution in [-0.2, 0) is 16.0 Å². The minimum atomic E-state index is -5.34. The third-order valence-corrected chi connectivity index (χ3v) is 8.34. The third kappa shape index (κ3) is 8.15. The number of carbonyl (C=O) groups excluding carboxylic acids is 2. The minimum Gasteiger partial charge on any atom is -0.448 e. The van der Waals surface area contributed by atoms with E-state index in [0.29, 0.717) is 37.3 Å². The predicted octanol–water partition coefficient (Wildman–Crippen LogP) is 3.78. The molecular weight excluding hydrogens is 609 g/mol. The molecule has 1 N–H and O–H groups in total. The van der Waals surface area contributed by atoms with Crippen LogP contribution in [0.4, 0.5) is 28.2 Å². The Hall–Kier alpha value is -2.35. The second kappa shape index (κ2) is 14.2. The fraction of sp³-hybridized carbons (Fsp3) is 0.394. The number of carbonyl (C=O) groups is 2. The van der Waals surface area contributed by atoms with E-state index in [1.807, 2.05) is 53.4 Å². The maximum Gasteiger partial charge on any atom is 1.00 e. The van der Waals surface area contributed by atoms with Gasteiger partial charge in [-0.15, -0.1) is 5.46 Å². The zero-order valence-electron chi connectivity index (χ0n) is 26.8. The maximum absolute atomic E-state index is 14.2. The Morgan fingerprint density at radius 2 is 1.47 bits per heavy atom. The van der Waals surface area contributed by atoms with Crippen LogP contribution in [0.3, 0.4) is 0 Å². The average molecular weight is 648 g/mol. The molecule has 7 nitrogen and oxygen atoms in total. The minimum absolute atomic E-state index is 0. The molecule has 0 bridgehead atoms. The molecule has 2 aliphatic rings. The van der Waals surface area contributed by atoms with Crippen molar-refractivity contribution in [3.63, 3.8) is 0 Å². The van der Waals surface area contributed by atoms with Gasteiger partial charge in [-0.25, -0.2) is 9.59 Å². The first-order valence-electron chi connectivity index (χ1n) is 14.9. The molecule has 0 saturated carbocycles. The standard InChI is InChI=1S/C33H38BF3N3O4.K/c1-21-23(19-39-14-16-40(17-15-39)32(42)44-33(3,4)5)18-29(34(35,36)37)22(2)30(21)38-31(41)43-20-28-26-12-8-6-10-24(26)25-11-7-9-13-27(25)28;/h6-13,18,28H,14-17,19-20H2,1-5H3,(H,38,41);/q-1;+1. The molecule has 234 valence electrons.